The first-order chi connectivity index (χ1) is 7.79. The highest BCUT2D eigenvalue weighted by Crippen LogP contribution is 2.20. The zero-order valence-corrected chi connectivity index (χ0v) is 8.52. The molecule has 0 amide bonds. The van der Waals surface area contributed by atoms with Gasteiger partial charge in [-0.25, -0.2) is 4.98 Å². The number of aromatic nitrogens is 1. The van der Waals surface area contributed by atoms with Gasteiger partial charge in [-0.1, -0.05) is 30.3 Å². The monoisotopic (exact) mass is 212 g/mol. The summed E-state index contributed by atoms with van der Waals surface area (Å²) < 4.78 is 13.2. The molecule has 0 saturated carbocycles. The Bertz CT molecular complexity index is 529. The van der Waals surface area contributed by atoms with Crippen molar-refractivity contribution in [2.24, 2.45) is 0 Å². The molecular formula is C13H9FN2. The molecule has 0 radical (unpaired) electrons. The Labute approximate surface area is 93.0 Å². The molecule has 0 N–H and O–H groups in total. The quantitative estimate of drug-likeness (QED) is 0.717. The van der Waals surface area contributed by atoms with E-state index < -0.39 is 5.95 Å². The third-order valence-corrected chi connectivity index (χ3v) is 2.21. The van der Waals surface area contributed by atoms with Gasteiger partial charge in [0.2, 0.25) is 5.95 Å². The molecule has 0 spiro atoms. The second kappa shape index (κ2) is 4.54. The topological polar surface area (TPSA) is 36.7 Å². The molecule has 2 rings (SSSR count). The lowest BCUT2D eigenvalue weighted by Gasteiger charge is -2.03. The number of nitriles is 1. The summed E-state index contributed by atoms with van der Waals surface area (Å²) in [7, 11) is 0. The van der Waals surface area contributed by atoms with Crippen LogP contribution in [0.2, 0.25) is 0 Å². The van der Waals surface area contributed by atoms with Crippen molar-refractivity contribution in [1.82, 2.24) is 4.98 Å². The number of nitrogens with zero attached hydrogens (tertiary/aromatic N) is 2. The molecule has 0 aliphatic carbocycles. The fraction of sp³-hybridized carbons (Fsp3) is 0.0769. The van der Waals surface area contributed by atoms with Crippen molar-refractivity contribution in [1.29, 1.82) is 5.26 Å². The van der Waals surface area contributed by atoms with Crippen LogP contribution in [0.15, 0.2) is 42.5 Å². The van der Waals surface area contributed by atoms with Gasteiger partial charge in [0, 0.05) is 6.07 Å². The van der Waals surface area contributed by atoms with Crippen LogP contribution >= 0.6 is 0 Å². The van der Waals surface area contributed by atoms with Crippen LogP contribution in [0.25, 0.3) is 11.1 Å². The summed E-state index contributed by atoms with van der Waals surface area (Å²) in [5, 5.41) is 8.56. The highest BCUT2D eigenvalue weighted by molar-refractivity contribution is 5.63. The van der Waals surface area contributed by atoms with Crippen LogP contribution in [0.4, 0.5) is 4.39 Å². The molecule has 0 unspecified atom stereocenters. The van der Waals surface area contributed by atoms with Crippen molar-refractivity contribution < 1.29 is 4.39 Å². The highest BCUT2D eigenvalue weighted by atomic mass is 19.1. The van der Waals surface area contributed by atoms with E-state index in [0.29, 0.717) is 5.69 Å². The summed E-state index contributed by atoms with van der Waals surface area (Å²) >= 11 is 0. The maximum absolute atomic E-state index is 13.2. The first-order valence-electron chi connectivity index (χ1n) is 4.88. The Kier molecular flexibility index (Phi) is 2.93. The maximum atomic E-state index is 13.2. The van der Waals surface area contributed by atoms with Crippen molar-refractivity contribution >= 4 is 0 Å². The third kappa shape index (κ3) is 2.23. The van der Waals surface area contributed by atoms with Gasteiger partial charge in [0.1, 0.15) is 0 Å². The van der Waals surface area contributed by atoms with Gasteiger partial charge in [-0.3, -0.25) is 0 Å². The van der Waals surface area contributed by atoms with Gasteiger partial charge in [-0.05, 0) is 17.2 Å². The van der Waals surface area contributed by atoms with Crippen molar-refractivity contribution in [3.8, 4) is 17.2 Å². The van der Waals surface area contributed by atoms with E-state index in [0.717, 1.165) is 11.1 Å². The van der Waals surface area contributed by atoms with Crippen LogP contribution in [0.3, 0.4) is 0 Å². The number of hydrogen-bond acceptors (Lipinski definition) is 2. The van der Waals surface area contributed by atoms with Crippen molar-refractivity contribution in [2.45, 2.75) is 6.42 Å². The molecule has 0 aliphatic rings. The van der Waals surface area contributed by atoms with Gasteiger partial charge in [0.05, 0.1) is 18.2 Å². The summed E-state index contributed by atoms with van der Waals surface area (Å²) in [5.74, 6) is -0.549. The fourth-order valence-electron chi connectivity index (χ4n) is 1.52. The molecule has 2 aromatic rings. The lowest BCUT2D eigenvalue weighted by atomic mass is 10.1. The molecule has 16 heavy (non-hydrogen) atoms. The van der Waals surface area contributed by atoms with Gasteiger partial charge in [-0.15, -0.1) is 0 Å². The average Bonchev–Trinajstić information content (AvgIpc) is 2.30. The number of rotatable bonds is 2. The second-order valence-corrected chi connectivity index (χ2v) is 3.37. The minimum atomic E-state index is -0.549. The minimum Gasteiger partial charge on any atom is -0.224 e. The van der Waals surface area contributed by atoms with Crippen LogP contribution < -0.4 is 0 Å². The highest BCUT2D eigenvalue weighted by Gasteiger charge is 2.03. The van der Waals surface area contributed by atoms with Crippen LogP contribution in [0.1, 0.15) is 5.69 Å². The Morgan fingerprint density at radius 2 is 1.88 bits per heavy atom. The van der Waals surface area contributed by atoms with E-state index in [2.05, 4.69) is 4.98 Å². The van der Waals surface area contributed by atoms with E-state index in [9.17, 15) is 4.39 Å². The molecule has 2 nitrogen and oxygen atoms in total. The maximum Gasteiger partial charge on any atom is 0.213 e. The van der Waals surface area contributed by atoms with Gasteiger partial charge in [0.15, 0.2) is 0 Å². The zero-order valence-electron chi connectivity index (χ0n) is 8.52. The molecule has 78 valence electrons. The molecule has 0 saturated heterocycles. The zero-order chi connectivity index (χ0) is 11.4. The predicted molar refractivity (Wildman–Crippen MR) is 58.9 cm³/mol. The standard InChI is InChI=1S/C13H9FN2/c14-13-9-11(8-12(16-13)6-7-15)10-4-2-1-3-5-10/h1-5,8-9H,6H2. The molecular weight excluding hydrogens is 203 g/mol. The van der Waals surface area contributed by atoms with E-state index >= 15 is 0 Å². The first-order valence-corrected chi connectivity index (χ1v) is 4.88. The summed E-state index contributed by atoms with van der Waals surface area (Å²) in [6.07, 6.45) is 0.123. The van der Waals surface area contributed by atoms with Crippen LogP contribution in [0, 0.1) is 17.3 Å². The second-order valence-electron chi connectivity index (χ2n) is 3.37. The lowest BCUT2D eigenvalue weighted by Crippen LogP contribution is -1.93. The molecule has 1 aromatic carbocycles. The fourth-order valence-corrected chi connectivity index (χ4v) is 1.52. The van der Waals surface area contributed by atoms with Crippen molar-refractivity contribution in [3.63, 3.8) is 0 Å². The summed E-state index contributed by atoms with van der Waals surface area (Å²) in [6.45, 7) is 0. The molecule has 0 atom stereocenters. The van der Waals surface area contributed by atoms with E-state index in [1.807, 2.05) is 36.4 Å². The van der Waals surface area contributed by atoms with Crippen LogP contribution in [-0.2, 0) is 6.42 Å². The largest absolute Gasteiger partial charge is 0.224 e. The minimum absolute atomic E-state index is 0.123. The summed E-state index contributed by atoms with van der Waals surface area (Å²) in [5.41, 5.74) is 2.13. The Morgan fingerprint density at radius 3 is 2.56 bits per heavy atom. The molecule has 0 aliphatic heterocycles. The summed E-state index contributed by atoms with van der Waals surface area (Å²) in [4.78, 5) is 3.66. The molecule has 1 aromatic heterocycles. The predicted octanol–water partition coefficient (Wildman–Crippen LogP) is 2.95. The summed E-state index contributed by atoms with van der Waals surface area (Å²) in [6, 6.07) is 14.5. The van der Waals surface area contributed by atoms with Gasteiger partial charge in [0.25, 0.3) is 0 Å². The van der Waals surface area contributed by atoms with E-state index in [1.54, 1.807) is 6.07 Å². The number of benzene rings is 1. The Morgan fingerprint density at radius 1 is 1.12 bits per heavy atom. The van der Waals surface area contributed by atoms with Gasteiger partial charge >= 0.3 is 0 Å². The van der Waals surface area contributed by atoms with Crippen molar-refractivity contribution in [3.05, 3.63) is 54.1 Å². The smallest absolute Gasteiger partial charge is 0.213 e. The van der Waals surface area contributed by atoms with Crippen LogP contribution in [-0.4, -0.2) is 4.98 Å². The number of hydrogen-bond donors (Lipinski definition) is 0. The molecule has 0 bridgehead atoms. The Hall–Kier alpha value is -2.21. The van der Waals surface area contributed by atoms with Crippen molar-refractivity contribution in [2.75, 3.05) is 0 Å². The molecule has 0 fully saturated rings. The molecule has 1 heterocycles. The SMILES string of the molecule is N#CCc1cc(-c2ccccc2)cc(F)n1. The van der Waals surface area contributed by atoms with Crippen LogP contribution in [0.5, 0.6) is 0 Å². The van der Waals surface area contributed by atoms with E-state index in [-0.39, 0.29) is 6.42 Å². The number of pyridine rings is 1. The number of halogens is 1. The Balaban J connectivity index is 2.46. The third-order valence-electron chi connectivity index (χ3n) is 2.21. The normalized spacial score (nSPS) is 9.75. The van der Waals surface area contributed by atoms with E-state index in [1.165, 1.54) is 6.07 Å². The lowest BCUT2D eigenvalue weighted by molar-refractivity contribution is 0.579. The average molecular weight is 212 g/mol. The van der Waals surface area contributed by atoms with E-state index in [4.69, 9.17) is 5.26 Å². The molecule has 3 heteroatoms. The van der Waals surface area contributed by atoms with Gasteiger partial charge in [-0.2, -0.15) is 9.65 Å². The van der Waals surface area contributed by atoms with Gasteiger partial charge < -0.3 is 0 Å². The first kappa shape index (κ1) is 10.3.